The molecule has 4 rings (SSSR count). The second kappa shape index (κ2) is 9.01. The number of carbonyl (C=O) groups excluding carboxylic acids is 2. The van der Waals surface area contributed by atoms with Crippen LogP contribution in [0.2, 0.25) is 0 Å². The maximum Gasteiger partial charge on any atom is 0.258 e. The third-order valence-electron chi connectivity index (χ3n) is 5.58. The molecule has 8 heteroatoms. The molecule has 1 aromatic carbocycles. The highest BCUT2D eigenvalue weighted by atomic mass is 32.1. The topological polar surface area (TPSA) is 93.1 Å². The molecule has 0 unspecified atom stereocenters. The molecule has 7 nitrogen and oxygen atoms in total. The summed E-state index contributed by atoms with van der Waals surface area (Å²) in [5.41, 5.74) is 3.06. The van der Waals surface area contributed by atoms with E-state index in [9.17, 15) is 14.4 Å². The fourth-order valence-electron chi connectivity index (χ4n) is 4.06. The van der Waals surface area contributed by atoms with Gasteiger partial charge in [-0.05, 0) is 49.9 Å². The highest BCUT2D eigenvalue weighted by Crippen LogP contribution is 2.29. The Morgan fingerprint density at radius 1 is 1.16 bits per heavy atom. The minimum atomic E-state index is -0.366. The lowest BCUT2D eigenvalue weighted by molar-refractivity contribution is -0.122. The van der Waals surface area contributed by atoms with Crippen molar-refractivity contribution in [2.24, 2.45) is 0 Å². The minimum absolute atomic E-state index is 0.101. The van der Waals surface area contributed by atoms with Crippen molar-refractivity contribution in [3.05, 3.63) is 57.5 Å². The Morgan fingerprint density at radius 3 is 2.71 bits per heavy atom. The van der Waals surface area contributed by atoms with E-state index in [2.05, 4.69) is 21.7 Å². The fourth-order valence-corrected chi connectivity index (χ4v) is 5.09. The van der Waals surface area contributed by atoms with Gasteiger partial charge in [-0.3, -0.25) is 19.7 Å². The molecule has 2 aromatic heterocycles. The number of benzene rings is 1. The Balaban J connectivity index is 1.47. The summed E-state index contributed by atoms with van der Waals surface area (Å²) in [6, 6.07) is 7.06. The zero-order chi connectivity index (χ0) is 22.0. The monoisotopic (exact) mass is 438 g/mol. The molecule has 31 heavy (non-hydrogen) atoms. The number of rotatable bonds is 5. The summed E-state index contributed by atoms with van der Waals surface area (Å²) in [5, 5.41) is 6.31. The molecule has 2 N–H and O–H groups in total. The van der Waals surface area contributed by atoms with Gasteiger partial charge >= 0.3 is 0 Å². The smallest absolute Gasteiger partial charge is 0.258 e. The number of carbonyl (C=O) groups is 2. The van der Waals surface area contributed by atoms with Crippen LogP contribution in [0.25, 0.3) is 10.2 Å². The Bertz CT molecular complexity index is 1190. The van der Waals surface area contributed by atoms with Crippen molar-refractivity contribution in [2.45, 2.75) is 58.5 Å². The molecule has 0 aliphatic heterocycles. The van der Waals surface area contributed by atoms with Crippen LogP contribution < -0.4 is 16.2 Å². The summed E-state index contributed by atoms with van der Waals surface area (Å²) in [7, 11) is 0. The number of nitrogens with zero attached hydrogens (tertiary/aromatic N) is 2. The number of anilines is 1. The first-order valence-electron chi connectivity index (χ1n) is 10.6. The first-order valence-corrected chi connectivity index (χ1v) is 11.4. The number of hydrogen-bond acceptors (Lipinski definition) is 5. The summed E-state index contributed by atoms with van der Waals surface area (Å²) >= 11 is 1.41. The Kier molecular flexibility index (Phi) is 6.18. The van der Waals surface area contributed by atoms with Gasteiger partial charge in [0, 0.05) is 18.3 Å². The van der Waals surface area contributed by atoms with Crippen molar-refractivity contribution < 1.29 is 9.59 Å². The first kappa shape index (κ1) is 21.2. The van der Waals surface area contributed by atoms with Crippen LogP contribution in [0.4, 0.5) is 5.13 Å². The summed E-state index contributed by atoms with van der Waals surface area (Å²) in [5.74, 6) is -0.571. The van der Waals surface area contributed by atoms with Gasteiger partial charge in [0.1, 0.15) is 6.54 Å². The Morgan fingerprint density at radius 2 is 1.94 bits per heavy atom. The van der Waals surface area contributed by atoms with E-state index in [1.165, 1.54) is 40.7 Å². The molecule has 0 bridgehead atoms. The average molecular weight is 439 g/mol. The van der Waals surface area contributed by atoms with Gasteiger partial charge in [0.05, 0.1) is 15.8 Å². The molecule has 3 aromatic rings. The van der Waals surface area contributed by atoms with Crippen LogP contribution in [0.15, 0.2) is 35.3 Å². The summed E-state index contributed by atoms with van der Waals surface area (Å²) in [6.45, 7) is 3.92. The highest BCUT2D eigenvalue weighted by molar-refractivity contribution is 7.22. The predicted octanol–water partition coefficient (Wildman–Crippen LogP) is 3.78. The second-order valence-corrected chi connectivity index (χ2v) is 9.22. The number of fused-ring (bicyclic) bond motifs is 1. The first-order chi connectivity index (χ1) is 14.9. The van der Waals surface area contributed by atoms with E-state index in [1.54, 1.807) is 0 Å². The second-order valence-electron chi connectivity index (χ2n) is 8.19. The number of thiazole rings is 1. The molecule has 0 saturated heterocycles. The molecule has 2 heterocycles. The molecular weight excluding hydrogens is 412 g/mol. The number of pyridine rings is 1. The summed E-state index contributed by atoms with van der Waals surface area (Å²) in [6.07, 6.45) is 6.82. The molecule has 1 fully saturated rings. The van der Waals surface area contributed by atoms with Crippen LogP contribution in [0.1, 0.15) is 53.6 Å². The van der Waals surface area contributed by atoms with E-state index in [4.69, 9.17) is 0 Å². The van der Waals surface area contributed by atoms with Crippen molar-refractivity contribution in [1.82, 2.24) is 14.9 Å². The van der Waals surface area contributed by atoms with Gasteiger partial charge in [0.25, 0.3) is 11.5 Å². The van der Waals surface area contributed by atoms with Crippen molar-refractivity contribution in [1.29, 1.82) is 0 Å². The largest absolute Gasteiger partial charge is 0.352 e. The maximum atomic E-state index is 12.7. The highest BCUT2D eigenvalue weighted by Gasteiger charge is 2.17. The van der Waals surface area contributed by atoms with E-state index in [-0.39, 0.29) is 30.0 Å². The van der Waals surface area contributed by atoms with E-state index >= 15 is 0 Å². The van der Waals surface area contributed by atoms with Gasteiger partial charge in [-0.25, -0.2) is 4.98 Å². The van der Waals surface area contributed by atoms with Gasteiger partial charge in [-0.15, -0.1) is 0 Å². The molecular formula is C23H26N4O3S. The quantitative estimate of drug-likeness (QED) is 0.634. The van der Waals surface area contributed by atoms with Crippen LogP contribution in [0, 0.1) is 13.8 Å². The maximum absolute atomic E-state index is 12.7. The molecule has 0 atom stereocenters. The van der Waals surface area contributed by atoms with Gasteiger partial charge in [0.15, 0.2) is 5.13 Å². The lowest BCUT2D eigenvalue weighted by Crippen LogP contribution is -2.39. The van der Waals surface area contributed by atoms with Crippen molar-refractivity contribution in [3.63, 3.8) is 0 Å². The zero-order valence-electron chi connectivity index (χ0n) is 17.7. The van der Waals surface area contributed by atoms with Gasteiger partial charge in [-0.1, -0.05) is 36.7 Å². The zero-order valence-corrected chi connectivity index (χ0v) is 18.6. The third kappa shape index (κ3) is 5.02. The van der Waals surface area contributed by atoms with E-state index in [0.29, 0.717) is 10.7 Å². The van der Waals surface area contributed by atoms with Crippen LogP contribution >= 0.6 is 11.3 Å². The average Bonchev–Trinajstić information content (AvgIpc) is 3.13. The molecule has 162 valence electrons. The number of aromatic nitrogens is 2. The van der Waals surface area contributed by atoms with Crippen LogP contribution in [-0.2, 0) is 11.3 Å². The molecule has 0 radical (unpaired) electrons. The van der Waals surface area contributed by atoms with E-state index < -0.39 is 0 Å². The van der Waals surface area contributed by atoms with E-state index in [1.807, 2.05) is 19.9 Å². The molecule has 0 spiro atoms. The lowest BCUT2D eigenvalue weighted by atomic mass is 9.95. The van der Waals surface area contributed by atoms with Gasteiger partial charge in [0.2, 0.25) is 5.91 Å². The van der Waals surface area contributed by atoms with E-state index in [0.717, 1.165) is 47.0 Å². The molecule has 1 aliphatic carbocycles. The third-order valence-corrected chi connectivity index (χ3v) is 6.50. The number of aryl methyl sites for hydroxylation is 2. The van der Waals surface area contributed by atoms with Crippen molar-refractivity contribution >= 4 is 38.5 Å². The summed E-state index contributed by atoms with van der Waals surface area (Å²) in [4.78, 5) is 41.9. The van der Waals surface area contributed by atoms with Gasteiger partial charge < -0.3 is 9.88 Å². The minimum Gasteiger partial charge on any atom is -0.352 e. The molecule has 2 amide bonds. The lowest BCUT2D eigenvalue weighted by Gasteiger charge is -2.22. The predicted molar refractivity (Wildman–Crippen MR) is 123 cm³/mol. The number of nitrogens with one attached hydrogen (secondary N) is 2. The SMILES string of the molecule is Cc1cc(C)c2nc(NC(=O)c3ccc(=O)n(CC(=O)NC4CCCCC4)c3)sc2c1. The fraction of sp³-hybridized carbons (Fsp3) is 0.391. The Hall–Kier alpha value is -3.00. The molecule has 1 saturated carbocycles. The standard InChI is InChI=1S/C23H26N4O3S/c1-14-10-15(2)21-18(11-14)31-23(25-21)26-22(30)16-8-9-20(29)27(12-16)13-19(28)24-17-6-4-3-5-7-17/h8-12,17H,3-7,13H2,1-2H3,(H,24,28)(H,25,26,30). The Labute approximate surface area is 184 Å². The van der Waals surface area contributed by atoms with Crippen LogP contribution in [-0.4, -0.2) is 27.4 Å². The summed E-state index contributed by atoms with van der Waals surface area (Å²) < 4.78 is 2.29. The normalized spacial score (nSPS) is 14.5. The number of hydrogen-bond donors (Lipinski definition) is 2. The van der Waals surface area contributed by atoms with Gasteiger partial charge in [-0.2, -0.15) is 0 Å². The number of amides is 2. The van der Waals surface area contributed by atoms with Crippen LogP contribution in [0.5, 0.6) is 0 Å². The van der Waals surface area contributed by atoms with Crippen LogP contribution in [0.3, 0.4) is 0 Å². The van der Waals surface area contributed by atoms with Crippen molar-refractivity contribution in [3.8, 4) is 0 Å². The van der Waals surface area contributed by atoms with Crippen molar-refractivity contribution in [2.75, 3.05) is 5.32 Å². The molecule has 1 aliphatic rings.